The van der Waals surface area contributed by atoms with Crippen LogP contribution >= 0.6 is 36.6 Å². The van der Waals surface area contributed by atoms with Crippen LogP contribution in [-0.2, 0) is 0 Å². The minimum Gasteiger partial charge on any atom is -0.497 e. The van der Waals surface area contributed by atoms with Gasteiger partial charge in [-0.2, -0.15) is 0 Å². The zero-order valence-corrected chi connectivity index (χ0v) is 11.8. The Morgan fingerprint density at radius 3 is 2.59 bits per heavy atom. The van der Waals surface area contributed by atoms with Gasteiger partial charge in [-0.15, -0.1) is 24.8 Å². The molecule has 2 rings (SSSR count). The average Bonchev–Trinajstić information content (AvgIpc) is 2.64. The lowest BCUT2D eigenvalue weighted by molar-refractivity contribution is 0.415. The summed E-state index contributed by atoms with van der Waals surface area (Å²) in [5, 5.41) is 8.30. The average molecular weight is 296 g/mol. The molecule has 1 aliphatic rings. The SMILES string of the molecule is COc1ccc(N2CCSC2=N)c(N)c1.Cl.Cl. The van der Waals surface area contributed by atoms with E-state index in [0.717, 1.165) is 23.7 Å². The molecule has 17 heavy (non-hydrogen) atoms. The number of amidine groups is 1. The number of hydrogen-bond acceptors (Lipinski definition) is 4. The van der Waals surface area contributed by atoms with Gasteiger partial charge in [-0.25, -0.2) is 0 Å². The van der Waals surface area contributed by atoms with Crippen molar-refractivity contribution in [2.24, 2.45) is 0 Å². The lowest BCUT2D eigenvalue weighted by atomic mass is 10.2. The second kappa shape index (κ2) is 6.83. The van der Waals surface area contributed by atoms with Gasteiger partial charge in [0.2, 0.25) is 0 Å². The van der Waals surface area contributed by atoms with E-state index in [1.165, 1.54) is 0 Å². The smallest absolute Gasteiger partial charge is 0.161 e. The van der Waals surface area contributed by atoms with Gasteiger partial charge >= 0.3 is 0 Å². The highest BCUT2D eigenvalue weighted by molar-refractivity contribution is 8.14. The van der Waals surface area contributed by atoms with Crippen molar-refractivity contribution in [1.82, 2.24) is 0 Å². The Balaban J connectivity index is 0.00000128. The largest absolute Gasteiger partial charge is 0.497 e. The van der Waals surface area contributed by atoms with E-state index >= 15 is 0 Å². The van der Waals surface area contributed by atoms with E-state index in [9.17, 15) is 0 Å². The molecule has 1 heterocycles. The summed E-state index contributed by atoms with van der Waals surface area (Å²) < 4.78 is 5.08. The summed E-state index contributed by atoms with van der Waals surface area (Å²) in [6.07, 6.45) is 0. The van der Waals surface area contributed by atoms with Crippen molar-refractivity contribution in [1.29, 1.82) is 5.41 Å². The number of nitrogens with two attached hydrogens (primary N) is 1. The number of ether oxygens (including phenoxy) is 1. The number of methoxy groups -OCH3 is 1. The van der Waals surface area contributed by atoms with Crippen LogP contribution in [0.5, 0.6) is 5.75 Å². The van der Waals surface area contributed by atoms with Crippen molar-refractivity contribution in [2.75, 3.05) is 30.0 Å². The Bertz CT molecular complexity index is 403. The van der Waals surface area contributed by atoms with Crippen LogP contribution in [0.15, 0.2) is 18.2 Å². The molecule has 0 spiro atoms. The normalized spacial score (nSPS) is 13.9. The molecule has 1 aliphatic heterocycles. The van der Waals surface area contributed by atoms with Gasteiger partial charge in [0.1, 0.15) is 5.75 Å². The third kappa shape index (κ3) is 3.34. The predicted octanol–water partition coefficient (Wildman–Crippen LogP) is 2.61. The zero-order chi connectivity index (χ0) is 10.8. The van der Waals surface area contributed by atoms with E-state index in [1.54, 1.807) is 24.9 Å². The summed E-state index contributed by atoms with van der Waals surface area (Å²) in [5.74, 6) is 1.69. The number of hydrogen-bond donors (Lipinski definition) is 2. The first kappa shape index (κ1) is 16.2. The van der Waals surface area contributed by atoms with Crippen LogP contribution in [0.1, 0.15) is 0 Å². The first-order valence-corrected chi connectivity index (χ1v) is 5.63. The minimum atomic E-state index is 0. The Hall–Kier alpha value is -0.780. The molecule has 0 saturated carbocycles. The highest BCUT2D eigenvalue weighted by Crippen LogP contribution is 2.31. The van der Waals surface area contributed by atoms with E-state index in [-0.39, 0.29) is 24.8 Å². The van der Waals surface area contributed by atoms with Gasteiger partial charge in [0, 0.05) is 18.4 Å². The van der Waals surface area contributed by atoms with Crippen molar-refractivity contribution in [3.05, 3.63) is 18.2 Å². The molecular formula is C10H15Cl2N3OS. The van der Waals surface area contributed by atoms with Gasteiger partial charge in [-0.1, -0.05) is 11.8 Å². The Kier molecular flexibility index (Phi) is 6.52. The van der Waals surface area contributed by atoms with Crippen LogP contribution in [0.3, 0.4) is 0 Å². The number of halogens is 2. The van der Waals surface area contributed by atoms with Gasteiger partial charge in [-0.05, 0) is 12.1 Å². The second-order valence-corrected chi connectivity index (χ2v) is 4.31. The molecule has 1 saturated heterocycles. The second-order valence-electron chi connectivity index (χ2n) is 3.23. The molecule has 0 bridgehead atoms. The maximum absolute atomic E-state index is 7.74. The number of nitrogens with zero attached hydrogens (tertiary/aromatic N) is 1. The van der Waals surface area contributed by atoms with Crippen LogP contribution in [0.2, 0.25) is 0 Å². The van der Waals surface area contributed by atoms with Crippen molar-refractivity contribution in [3.63, 3.8) is 0 Å². The third-order valence-electron chi connectivity index (χ3n) is 2.32. The van der Waals surface area contributed by atoms with Crippen LogP contribution in [0.25, 0.3) is 0 Å². The molecule has 4 nitrogen and oxygen atoms in total. The number of anilines is 2. The van der Waals surface area contributed by atoms with Crippen LogP contribution in [-0.4, -0.2) is 24.6 Å². The Morgan fingerprint density at radius 1 is 1.41 bits per heavy atom. The molecule has 0 atom stereocenters. The molecule has 1 aromatic carbocycles. The molecule has 1 aromatic rings. The molecule has 7 heteroatoms. The van der Waals surface area contributed by atoms with E-state index in [1.807, 2.05) is 17.0 Å². The summed E-state index contributed by atoms with van der Waals surface area (Å²) in [6, 6.07) is 5.54. The van der Waals surface area contributed by atoms with Crippen LogP contribution in [0, 0.1) is 5.41 Å². The van der Waals surface area contributed by atoms with Gasteiger partial charge in [0.05, 0.1) is 18.5 Å². The first-order valence-electron chi connectivity index (χ1n) is 4.65. The van der Waals surface area contributed by atoms with Crippen molar-refractivity contribution >= 4 is 53.1 Å². The number of thioether (sulfide) groups is 1. The van der Waals surface area contributed by atoms with Gasteiger partial charge in [0.15, 0.2) is 5.17 Å². The number of nitrogen functional groups attached to an aromatic ring is 1. The van der Waals surface area contributed by atoms with Crippen molar-refractivity contribution in [2.45, 2.75) is 0 Å². The van der Waals surface area contributed by atoms with E-state index in [2.05, 4.69) is 0 Å². The molecule has 0 unspecified atom stereocenters. The zero-order valence-electron chi connectivity index (χ0n) is 9.30. The fourth-order valence-electron chi connectivity index (χ4n) is 1.55. The predicted molar refractivity (Wildman–Crippen MR) is 79.4 cm³/mol. The summed E-state index contributed by atoms with van der Waals surface area (Å²) in [5.41, 5.74) is 7.46. The molecule has 0 aromatic heterocycles. The van der Waals surface area contributed by atoms with Crippen LogP contribution in [0.4, 0.5) is 11.4 Å². The molecule has 1 fully saturated rings. The number of nitrogens with one attached hydrogen (secondary N) is 1. The fourth-order valence-corrected chi connectivity index (χ4v) is 2.36. The highest BCUT2D eigenvalue weighted by Gasteiger charge is 2.21. The topological polar surface area (TPSA) is 62.3 Å². The van der Waals surface area contributed by atoms with E-state index in [4.69, 9.17) is 15.9 Å². The van der Waals surface area contributed by atoms with Gasteiger partial charge in [-0.3, -0.25) is 5.41 Å². The quantitative estimate of drug-likeness (QED) is 0.824. The third-order valence-corrected chi connectivity index (χ3v) is 3.20. The fraction of sp³-hybridized carbons (Fsp3) is 0.300. The van der Waals surface area contributed by atoms with E-state index < -0.39 is 0 Å². The first-order chi connectivity index (χ1) is 7.22. The number of rotatable bonds is 2. The van der Waals surface area contributed by atoms with Crippen LogP contribution < -0.4 is 15.4 Å². The molecule has 3 N–H and O–H groups in total. The van der Waals surface area contributed by atoms with Crippen molar-refractivity contribution < 1.29 is 4.74 Å². The molecular weight excluding hydrogens is 281 g/mol. The van der Waals surface area contributed by atoms with Gasteiger partial charge in [0.25, 0.3) is 0 Å². The Labute approximate surface area is 117 Å². The molecule has 96 valence electrons. The molecule has 0 aliphatic carbocycles. The highest BCUT2D eigenvalue weighted by atomic mass is 35.5. The summed E-state index contributed by atoms with van der Waals surface area (Å²) in [4.78, 5) is 1.92. The lowest BCUT2D eigenvalue weighted by Crippen LogP contribution is -2.23. The molecule has 0 amide bonds. The maximum Gasteiger partial charge on any atom is 0.161 e. The summed E-state index contributed by atoms with van der Waals surface area (Å²) in [6.45, 7) is 0.847. The lowest BCUT2D eigenvalue weighted by Gasteiger charge is -2.19. The minimum absolute atomic E-state index is 0. The monoisotopic (exact) mass is 295 g/mol. The van der Waals surface area contributed by atoms with E-state index in [0.29, 0.717) is 10.9 Å². The standard InChI is InChI=1S/C10H13N3OS.2ClH/c1-14-7-2-3-9(8(11)6-7)13-4-5-15-10(13)12;;/h2-3,6,12H,4-5,11H2,1H3;2*1H. The number of benzene rings is 1. The maximum atomic E-state index is 7.74. The summed E-state index contributed by atoms with van der Waals surface area (Å²) in [7, 11) is 1.61. The molecule has 0 radical (unpaired) electrons. The van der Waals surface area contributed by atoms with Gasteiger partial charge < -0.3 is 15.4 Å². The summed E-state index contributed by atoms with van der Waals surface area (Å²) >= 11 is 1.54. The van der Waals surface area contributed by atoms with Crippen molar-refractivity contribution in [3.8, 4) is 5.75 Å². The Morgan fingerprint density at radius 2 is 2.12 bits per heavy atom.